The van der Waals surface area contributed by atoms with E-state index < -0.39 is 11.7 Å². The smallest absolute Gasteiger partial charge is 0.354 e. The Balaban J connectivity index is 1.25. The van der Waals surface area contributed by atoms with Crippen molar-refractivity contribution >= 4 is 54.6 Å². The molecule has 1 N–H and O–H groups in total. The van der Waals surface area contributed by atoms with Gasteiger partial charge in [0.05, 0.1) is 33.1 Å². The molecule has 0 aliphatic heterocycles. The van der Waals surface area contributed by atoms with Crippen LogP contribution in [0.4, 0.5) is 13.2 Å². The first-order valence-electron chi connectivity index (χ1n) is 16.6. The van der Waals surface area contributed by atoms with Gasteiger partial charge in [-0.1, -0.05) is 78.9 Å². The number of hydrogen-bond donors (Lipinski definition) is 1. The van der Waals surface area contributed by atoms with Crippen molar-refractivity contribution in [2.24, 2.45) is 0 Å². The van der Waals surface area contributed by atoms with Crippen LogP contribution in [0.15, 0.2) is 152 Å². The molecule has 0 saturated carbocycles. The van der Waals surface area contributed by atoms with Crippen molar-refractivity contribution in [3.8, 4) is 34.0 Å². The number of aromatic amines is 1. The third kappa shape index (κ3) is 4.49. The number of aromatic nitrogens is 5. The predicted molar refractivity (Wildman–Crippen MR) is 198 cm³/mol. The van der Waals surface area contributed by atoms with Gasteiger partial charge in [-0.15, -0.1) is 0 Å². The summed E-state index contributed by atoms with van der Waals surface area (Å²) in [6.07, 6.45) is -2.78. The number of nitrogens with one attached hydrogen (secondary N) is 1. The molecule has 0 bridgehead atoms. The average Bonchev–Trinajstić information content (AvgIpc) is 3.84. The van der Waals surface area contributed by atoms with Crippen LogP contribution in [-0.4, -0.2) is 24.1 Å². The minimum atomic E-state index is -4.46. The van der Waals surface area contributed by atoms with Gasteiger partial charge in [-0.3, -0.25) is 9.13 Å². The summed E-state index contributed by atoms with van der Waals surface area (Å²) in [6, 6.07) is 46.3. The van der Waals surface area contributed by atoms with Crippen LogP contribution in [0.25, 0.3) is 88.7 Å². The zero-order chi connectivity index (χ0) is 34.3. The van der Waals surface area contributed by atoms with Crippen molar-refractivity contribution in [3.05, 3.63) is 157 Å². The molecule has 0 radical (unpaired) electrons. The van der Waals surface area contributed by atoms with Crippen molar-refractivity contribution in [1.29, 1.82) is 0 Å². The molecule has 0 aliphatic carbocycles. The van der Waals surface area contributed by atoms with Crippen LogP contribution >= 0.6 is 0 Å². The maximum atomic E-state index is 13.9. The number of H-pyrrole nitrogens is 1. The van der Waals surface area contributed by atoms with Crippen molar-refractivity contribution in [2.45, 2.75) is 6.18 Å². The zero-order valence-corrected chi connectivity index (χ0v) is 26.9. The topological polar surface area (TPSA) is 51.4 Å². The predicted octanol–water partition coefficient (Wildman–Crippen LogP) is 11.5. The number of alkyl halides is 3. The third-order valence-electron chi connectivity index (χ3n) is 9.76. The van der Waals surface area contributed by atoms with E-state index in [1.165, 1.54) is 12.1 Å². The minimum Gasteiger partial charge on any atom is -0.354 e. The molecule has 0 aliphatic rings. The van der Waals surface area contributed by atoms with Crippen LogP contribution < -0.4 is 0 Å². The fraction of sp³-hybridized carbons (Fsp3) is 0.0233. The van der Waals surface area contributed by atoms with E-state index in [2.05, 4.69) is 69.1 Å². The molecule has 244 valence electrons. The Kier molecular flexibility index (Phi) is 6.26. The lowest BCUT2D eigenvalue weighted by molar-refractivity contribution is -0.137. The van der Waals surface area contributed by atoms with Gasteiger partial charge in [0.2, 0.25) is 0 Å². The Bertz CT molecular complexity index is 2950. The zero-order valence-electron chi connectivity index (χ0n) is 26.9. The molecule has 6 aromatic carbocycles. The molecule has 0 atom stereocenters. The SMILES string of the molecule is FC(F)(F)c1ccc2c(c1)c1ccc(-c3cccc4c3nc(-c3cccc5c3[nH]c3ccccc35)n4-c3ccccc3)cc1n2-c1ccccn1. The second-order valence-electron chi connectivity index (χ2n) is 12.7. The number of imidazole rings is 1. The largest absolute Gasteiger partial charge is 0.416 e. The van der Waals surface area contributed by atoms with Gasteiger partial charge in [-0.25, -0.2) is 9.97 Å². The molecule has 0 fully saturated rings. The van der Waals surface area contributed by atoms with E-state index in [-0.39, 0.29) is 0 Å². The number of para-hydroxylation sites is 4. The van der Waals surface area contributed by atoms with E-state index in [1.807, 2.05) is 77.4 Å². The van der Waals surface area contributed by atoms with E-state index in [0.29, 0.717) is 22.1 Å². The molecule has 8 heteroatoms. The Morgan fingerprint density at radius 2 is 1.33 bits per heavy atom. The maximum absolute atomic E-state index is 13.9. The van der Waals surface area contributed by atoms with E-state index >= 15 is 0 Å². The summed E-state index contributed by atoms with van der Waals surface area (Å²) in [6.45, 7) is 0. The summed E-state index contributed by atoms with van der Waals surface area (Å²) in [7, 11) is 0. The van der Waals surface area contributed by atoms with Crippen LogP contribution in [0.2, 0.25) is 0 Å². The number of halogens is 3. The van der Waals surface area contributed by atoms with Crippen molar-refractivity contribution < 1.29 is 13.2 Å². The standard InChI is InChI=1S/C43H26F3N5/c44-43(45,46)27-20-22-36-34(25-27)31-21-19-26(24-38(31)51(36)39-18-6-7-23-47-39)29-13-9-17-37-41(29)49-42(50(37)28-10-2-1-3-11-28)33-15-8-14-32-30-12-4-5-16-35(30)48-40(32)33/h1-25,48H. The van der Waals surface area contributed by atoms with Gasteiger partial charge >= 0.3 is 6.18 Å². The molecule has 10 rings (SSSR count). The average molecular weight is 670 g/mol. The summed E-state index contributed by atoms with van der Waals surface area (Å²) < 4.78 is 45.7. The highest BCUT2D eigenvalue weighted by molar-refractivity contribution is 6.13. The molecule has 4 heterocycles. The van der Waals surface area contributed by atoms with Crippen molar-refractivity contribution in [1.82, 2.24) is 24.1 Å². The highest BCUT2D eigenvalue weighted by atomic mass is 19.4. The number of hydrogen-bond acceptors (Lipinski definition) is 2. The maximum Gasteiger partial charge on any atom is 0.416 e. The van der Waals surface area contributed by atoms with E-state index in [1.54, 1.807) is 6.20 Å². The van der Waals surface area contributed by atoms with Gasteiger partial charge in [-0.05, 0) is 72.3 Å². The van der Waals surface area contributed by atoms with Crippen LogP contribution in [0, 0.1) is 0 Å². The molecule has 0 spiro atoms. The lowest BCUT2D eigenvalue weighted by Gasteiger charge is -2.11. The molecule has 0 amide bonds. The molecule has 0 saturated heterocycles. The third-order valence-corrected chi connectivity index (χ3v) is 9.76. The number of fused-ring (bicyclic) bond motifs is 7. The van der Waals surface area contributed by atoms with Gasteiger partial charge in [0.1, 0.15) is 11.6 Å². The number of nitrogens with zero attached hydrogens (tertiary/aromatic N) is 4. The van der Waals surface area contributed by atoms with Crippen LogP contribution in [0.1, 0.15) is 5.56 Å². The fourth-order valence-electron chi connectivity index (χ4n) is 7.51. The monoisotopic (exact) mass is 669 g/mol. The quantitative estimate of drug-likeness (QED) is 0.203. The van der Waals surface area contributed by atoms with Crippen LogP contribution in [0.3, 0.4) is 0 Å². The molecule has 5 nitrogen and oxygen atoms in total. The molecule has 51 heavy (non-hydrogen) atoms. The van der Waals surface area contributed by atoms with Crippen molar-refractivity contribution in [2.75, 3.05) is 0 Å². The minimum absolute atomic E-state index is 0.511. The first-order chi connectivity index (χ1) is 24.9. The summed E-state index contributed by atoms with van der Waals surface area (Å²) in [5.41, 5.74) is 8.26. The first-order valence-corrected chi connectivity index (χ1v) is 16.6. The second kappa shape index (κ2) is 10.9. The lowest BCUT2D eigenvalue weighted by Crippen LogP contribution is -2.04. The summed E-state index contributed by atoms with van der Waals surface area (Å²) >= 11 is 0. The van der Waals surface area contributed by atoms with Crippen LogP contribution in [0.5, 0.6) is 0 Å². The van der Waals surface area contributed by atoms with Gasteiger partial charge in [0.25, 0.3) is 0 Å². The molecule has 10 aromatic rings. The van der Waals surface area contributed by atoms with E-state index in [9.17, 15) is 13.2 Å². The first kappa shape index (κ1) is 29.3. The Morgan fingerprint density at radius 3 is 2.18 bits per heavy atom. The molecular weight excluding hydrogens is 644 g/mol. The molecule has 4 aromatic heterocycles. The summed E-state index contributed by atoms with van der Waals surface area (Å²) in [5, 5.41) is 3.49. The normalized spacial score (nSPS) is 12.2. The summed E-state index contributed by atoms with van der Waals surface area (Å²) in [5.74, 6) is 1.42. The highest BCUT2D eigenvalue weighted by Gasteiger charge is 2.31. The molecular formula is C43H26F3N5. The number of pyridine rings is 1. The Hall–Kier alpha value is -6.67. The highest BCUT2D eigenvalue weighted by Crippen LogP contribution is 2.41. The number of rotatable bonds is 4. The Labute approximate surface area is 288 Å². The van der Waals surface area contributed by atoms with Gasteiger partial charge in [-0.2, -0.15) is 13.2 Å². The Morgan fingerprint density at radius 1 is 0.549 bits per heavy atom. The van der Waals surface area contributed by atoms with Gasteiger partial charge < -0.3 is 4.98 Å². The van der Waals surface area contributed by atoms with Gasteiger partial charge in [0, 0.05) is 50.1 Å². The van der Waals surface area contributed by atoms with Crippen molar-refractivity contribution in [3.63, 3.8) is 0 Å². The van der Waals surface area contributed by atoms with Crippen LogP contribution in [-0.2, 0) is 6.18 Å². The van der Waals surface area contributed by atoms with E-state index in [0.717, 1.165) is 72.6 Å². The number of benzene rings is 6. The fourth-order valence-corrected chi connectivity index (χ4v) is 7.51. The second-order valence-corrected chi connectivity index (χ2v) is 12.7. The van der Waals surface area contributed by atoms with Gasteiger partial charge in [0.15, 0.2) is 0 Å². The summed E-state index contributed by atoms with van der Waals surface area (Å²) in [4.78, 5) is 13.6. The lowest BCUT2D eigenvalue weighted by atomic mass is 10.0. The molecule has 0 unspecified atom stereocenters. The van der Waals surface area contributed by atoms with E-state index in [4.69, 9.17) is 4.98 Å².